The van der Waals surface area contributed by atoms with Gasteiger partial charge in [0.15, 0.2) is 0 Å². The van der Waals surface area contributed by atoms with Crippen LogP contribution in [0.2, 0.25) is 0 Å². The van der Waals surface area contributed by atoms with Crippen molar-refractivity contribution >= 4 is 11.8 Å². The molecule has 0 aliphatic carbocycles. The van der Waals surface area contributed by atoms with Crippen LogP contribution in [0, 0.1) is 13.8 Å². The number of aliphatic carboxylic acids is 1. The van der Waals surface area contributed by atoms with Crippen LogP contribution in [0.4, 0.5) is 0 Å². The molecule has 19 heavy (non-hydrogen) atoms. The maximum atomic E-state index is 11.3. The van der Waals surface area contributed by atoms with Crippen LogP contribution in [-0.4, -0.2) is 16.9 Å². The lowest BCUT2D eigenvalue weighted by atomic mass is 9.99. The van der Waals surface area contributed by atoms with E-state index in [0.29, 0.717) is 0 Å². The number of hydrogen-bond acceptors (Lipinski definition) is 2. The van der Waals surface area contributed by atoms with Crippen LogP contribution in [-0.2, 0) is 4.79 Å². The van der Waals surface area contributed by atoms with Crippen molar-refractivity contribution < 1.29 is 14.7 Å². The van der Waals surface area contributed by atoms with E-state index < -0.39 is 11.8 Å². The van der Waals surface area contributed by atoms with Crippen LogP contribution in [0.1, 0.15) is 21.5 Å². The van der Waals surface area contributed by atoms with Crippen LogP contribution in [0.25, 0.3) is 11.1 Å². The van der Waals surface area contributed by atoms with Crippen molar-refractivity contribution in [1.82, 2.24) is 0 Å². The van der Waals surface area contributed by atoms with Crippen LogP contribution >= 0.6 is 0 Å². The topological polar surface area (TPSA) is 54.4 Å². The fourth-order valence-corrected chi connectivity index (χ4v) is 2.08. The maximum absolute atomic E-state index is 11.3. The molecule has 96 valence electrons. The molecule has 0 spiro atoms. The molecular weight excluding hydrogens is 240 g/mol. The summed E-state index contributed by atoms with van der Waals surface area (Å²) in [4.78, 5) is 21.9. The van der Waals surface area contributed by atoms with Crippen molar-refractivity contribution in [2.24, 2.45) is 0 Å². The summed E-state index contributed by atoms with van der Waals surface area (Å²) >= 11 is 0. The van der Waals surface area contributed by atoms with Gasteiger partial charge in [-0.2, -0.15) is 0 Å². The first-order chi connectivity index (χ1) is 8.97. The summed E-state index contributed by atoms with van der Waals surface area (Å²) in [6.07, 6.45) is 0. The molecule has 2 aromatic carbocycles. The first-order valence-corrected chi connectivity index (χ1v) is 5.94. The predicted octanol–water partition coefficient (Wildman–Crippen LogP) is 3.24. The number of carbonyl (C=O) groups excluding carboxylic acids is 1. The van der Waals surface area contributed by atoms with Gasteiger partial charge in [0, 0.05) is 5.56 Å². The monoisotopic (exact) mass is 254 g/mol. The summed E-state index contributed by atoms with van der Waals surface area (Å²) in [6, 6.07) is 12.8. The largest absolute Gasteiger partial charge is 0.475 e. The van der Waals surface area contributed by atoms with E-state index in [4.69, 9.17) is 5.11 Å². The van der Waals surface area contributed by atoms with E-state index in [9.17, 15) is 9.59 Å². The fraction of sp³-hybridized carbons (Fsp3) is 0.125. The minimum absolute atomic E-state index is 0.195. The lowest BCUT2D eigenvalue weighted by Crippen LogP contribution is -2.12. The molecule has 2 aromatic rings. The first kappa shape index (κ1) is 13.0. The molecule has 0 heterocycles. The van der Waals surface area contributed by atoms with Crippen LogP contribution in [0.15, 0.2) is 42.5 Å². The molecule has 0 fully saturated rings. The molecule has 0 amide bonds. The second kappa shape index (κ2) is 5.06. The second-order valence-electron chi connectivity index (χ2n) is 4.59. The molecular formula is C16H14O3. The third kappa shape index (κ3) is 2.88. The number of carboxylic acid groups (broad SMARTS) is 1. The summed E-state index contributed by atoms with van der Waals surface area (Å²) in [6.45, 7) is 4.05. The SMILES string of the molecule is Cc1cc(C)cc(-c2ccc(C(=O)C(=O)O)cc2)c1. The summed E-state index contributed by atoms with van der Waals surface area (Å²) < 4.78 is 0. The van der Waals surface area contributed by atoms with E-state index >= 15 is 0 Å². The van der Waals surface area contributed by atoms with Gasteiger partial charge in [-0.15, -0.1) is 0 Å². The van der Waals surface area contributed by atoms with E-state index in [1.54, 1.807) is 24.3 Å². The van der Waals surface area contributed by atoms with Gasteiger partial charge in [0.25, 0.3) is 5.78 Å². The van der Waals surface area contributed by atoms with Crippen molar-refractivity contribution in [2.45, 2.75) is 13.8 Å². The van der Waals surface area contributed by atoms with E-state index in [0.717, 1.165) is 11.1 Å². The van der Waals surface area contributed by atoms with Crippen molar-refractivity contribution in [1.29, 1.82) is 0 Å². The van der Waals surface area contributed by atoms with Gasteiger partial charge in [0.2, 0.25) is 0 Å². The van der Waals surface area contributed by atoms with E-state index in [1.165, 1.54) is 11.1 Å². The minimum Gasteiger partial charge on any atom is -0.475 e. The Balaban J connectivity index is 2.37. The van der Waals surface area contributed by atoms with Gasteiger partial charge in [-0.25, -0.2) is 4.79 Å². The number of Topliss-reactive ketones (excluding diaryl/α,β-unsaturated/α-hetero) is 1. The van der Waals surface area contributed by atoms with Crippen molar-refractivity contribution in [3.63, 3.8) is 0 Å². The zero-order chi connectivity index (χ0) is 14.0. The van der Waals surface area contributed by atoms with Gasteiger partial charge < -0.3 is 5.11 Å². The Bertz CT molecular complexity index is 619. The normalized spacial score (nSPS) is 10.2. The lowest BCUT2D eigenvalue weighted by Gasteiger charge is -2.06. The summed E-state index contributed by atoms with van der Waals surface area (Å²) in [5, 5.41) is 8.65. The number of carbonyl (C=O) groups is 2. The van der Waals surface area contributed by atoms with Crippen LogP contribution in [0.3, 0.4) is 0 Å². The van der Waals surface area contributed by atoms with E-state index in [1.807, 2.05) is 13.8 Å². The Morgan fingerprint density at radius 2 is 1.37 bits per heavy atom. The van der Waals surface area contributed by atoms with Crippen LogP contribution in [0.5, 0.6) is 0 Å². The van der Waals surface area contributed by atoms with Gasteiger partial charge >= 0.3 is 5.97 Å². The van der Waals surface area contributed by atoms with Crippen molar-refractivity contribution in [2.75, 3.05) is 0 Å². The molecule has 1 N–H and O–H groups in total. The van der Waals surface area contributed by atoms with Gasteiger partial charge in [-0.1, -0.05) is 53.6 Å². The summed E-state index contributed by atoms with van der Waals surface area (Å²) in [5.74, 6) is -2.31. The maximum Gasteiger partial charge on any atom is 0.377 e. The highest BCUT2D eigenvalue weighted by Gasteiger charge is 2.13. The molecule has 0 atom stereocenters. The molecule has 0 saturated heterocycles. The number of aryl methyl sites for hydroxylation is 2. The number of benzene rings is 2. The number of ketones is 1. The van der Waals surface area contributed by atoms with Crippen molar-refractivity contribution in [3.05, 3.63) is 59.2 Å². The molecule has 0 aromatic heterocycles. The van der Waals surface area contributed by atoms with Crippen LogP contribution < -0.4 is 0 Å². The van der Waals surface area contributed by atoms with E-state index in [-0.39, 0.29) is 5.56 Å². The second-order valence-corrected chi connectivity index (χ2v) is 4.59. The van der Waals surface area contributed by atoms with Gasteiger partial charge in [-0.3, -0.25) is 4.79 Å². The standard InChI is InChI=1S/C16H14O3/c1-10-7-11(2)9-14(8-10)12-3-5-13(6-4-12)15(17)16(18)19/h3-9H,1-2H3,(H,18,19). The third-order valence-corrected chi connectivity index (χ3v) is 2.90. The average Bonchev–Trinajstić information content (AvgIpc) is 2.37. The lowest BCUT2D eigenvalue weighted by molar-refractivity contribution is -0.131. The zero-order valence-electron chi connectivity index (χ0n) is 10.8. The Morgan fingerprint density at radius 1 is 0.842 bits per heavy atom. The minimum atomic E-state index is -1.43. The quantitative estimate of drug-likeness (QED) is 0.675. The van der Waals surface area contributed by atoms with Gasteiger partial charge in [0.1, 0.15) is 0 Å². The van der Waals surface area contributed by atoms with Crippen molar-refractivity contribution in [3.8, 4) is 11.1 Å². The molecule has 0 aliphatic rings. The molecule has 3 nitrogen and oxygen atoms in total. The Morgan fingerprint density at radius 3 is 1.84 bits per heavy atom. The molecule has 3 heteroatoms. The smallest absolute Gasteiger partial charge is 0.377 e. The summed E-state index contributed by atoms with van der Waals surface area (Å²) in [7, 11) is 0. The Hall–Kier alpha value is -2.42. The molecule has 0 radical (unpaired) electrons. The number of carboxylic acids is 1. The zero-order valence-corrected chi connectivity index (χ0v) is 10.8. The Kier molecular flexibility index (Phi) is 3.47. The molecule has 0 aliphatic heterocycles. The van der Waals surface area contributed by atoms with Gasteiger partial charge in [0.05, 0.1) is 0 Å². The molecule has 2 rings (SSSR count). The highest BCUT2D eigenvalue weighted by atomic mass is 16.4. The first-order valence-electron chi connectivity index (χ1n) is 5.94. The fourth-order valence-electron chi connectivity index (χ4n) is 2.08. The number of rotatable bonds is 3. The molecule has 0 unspecified atom stereocenters. The third-order valence-electron chi connectivity index (χ3n) is 2.90. The molecule has 0 bridgehead atoms. The van der Waals surface area contributed by atoms with E-state index in [2.05, 4.69) is 18.2 Å². The highest BCUT2D eigenvalue weighted by molar-refractivity contribution is 6.39. The Labute approximate surface area is 111 Å². The number of hydrogen-bond donors (Lipinski definition) is 1. The average molecular weight is 254 g/mol. The van der Waals surface area contributed by atoms with Gasteiger partial charge in [-0.05, 0) is 25.0 Å². The highest BCUT2D eigenvalue weighted by Crippen LogP contribution is 2.22. The summed E-state index contributed by atoms with van der Waals surface area (Å²) in [5.41, 5.74) is 4.56. The predicted molar refractivity (Wildman–Crippen MR) is 73.3 cm³/mol. The molecule has 0 saturated carbocycles.